The van der Waals surface area contributed by atoms with Gasteiger partial charge in [0.25, 0.3) is 0 Å². The Balaban J connectivity index is 2.36. The maximum Gasteiger partial charge on any atom is 0.337 e. The lowest BCUT2D eigenvalue weighted by Gasteiger charge is -2.02. The monoisotopic (exact) mass is 260 g/mol. The van der Waals surface area contributed by atoms with Gasteiger partial charge in [-0.1, -0.05) is 18.2 Å². The first-order valence-electron chi connectivity index (χ1n) is 5.33. The summed E-state index contributed by atoms with van der Waals surface area (Å²) in [6, 6.07) is 10.9. The highest BCUT2D eigenvalue weighted by atomic mass is 32.1. The Morgan fingerprint density at radius 2 is 2.00 bits per heavy atom. The van der Waals surface area contributed by atoms with Crippen molar-refractivity contribution in [3.05, 3.63) is 52.2 Å². The number of carboxylic acid groups (broad SMARTS) is 1. The fourth-order valence-corrected chi connectivity index (χ4v) is 2.27. The molecule has 0 amide bonds. The molecule has 1 aromatic carbocycles. The predicted molar refractivity (Wildman–Crippen MR) is 72.8 cm³/mol. The molecule has 0 radical (unpaired) electrons. The van der Waals surface area contributed by atoms with E-state index in [1.165, 1.54) is 11.3 Å². The molecular weight excluding hydrogens is 248 g/mol. The van der Waals surface area contributed by atoms with Gasteiger partial charge in [-0.05, 0) is 35.2 Å². The van der Waals surface area contributed by atoms with Crippen molar-refractivity contribution in [2.75, 3.05) is 7.11 Å². The maximum atomic E-state index is 11.2. The first-order valence-corrected chi connectivity index (χ1v) is 6.21. The molecule has 1 heterocycles. The van der Waals surface area contributed by atoms with Crippen LogP contribution < -0.4 is 4.74 Å². The van der Waals surface area contributed by atoms with E-state index < -0.39 is 5.97 Å². The molecule has 0 aliphatic rings. The molecule has 0 saturated carbocycles. The van der Waals surface area contributed by atoms with E-state index in [9.17, 15) is 9.90 Å². The zero-order valence-electron chi connectivity index (χ0n) is 9.79. The second-order valence-corrected chi connectivity index (χ2v) is 4.56. The average molecular weight is 260 g/mol. The van der Waals surface area contributed by atoms with Gasteiger partial charge in [0.2, 0.25) is 0 Å². The molecular formula is C14H12O3S. The fourth-order valence-electron chi connectivity index (χ4n) is 1.54. The summed E-state index contributed by atoms with van der Waals surface area (Å²) in [6.07, 6.45) is 1.66. The SMILES string of the molecule is COc1ccc(C=C(C(=O)O)c2cccs2)cc1. The van der Waals surface area contributed by atoms with Crippen LogP contribution in [0, 0.1) is 0 Å². The third-order valence-corrected chi connectivity index (χ3v) is 3.35. The molecule has 2 aromatic rings. The maximum absolute atomic E-state index is 11.2. The van der Waals surface area contributed by atoms with Gasteiger partial charge in [-0.15, -0.1) is 11.3 Å². The molecule has 0 spiro atoms. The number of aliphatic carboxylic acids is 1. The minimum atomic E-state index is -0.923. The largest absolute Gasteiger partial charge is 0.497 e. The quantitative estimate of drug-likeness (QED) is 0.857. The molecule has 0 atom stereocenters. The van der Waals surface area contributed by atoms with Gasteiger partial charge in [0.05, 0.1) is 12.7 Å². The van der Waals surface area contributed by atoms with Crippen molar-refractivity contribution >= 4 is 29.0 Å². The van der Waals surface area contributed by atoms with Gasteiger partial charge in [0.1, 0.15) is 5.75 Å². The summed E-state index contributed by atoms with van der Waals surface area (Å²) in [7, 11) is 1.60. The van der Waals surface area contributed by atoms with E-state index in [4.69, 9.17) is 4.74 Å². The third-order valence-electron chi connectivity index (χ3n) is 2.44. The van der Waals surface area contributed by atoms with Gasteiger partial charge in [-0.2, -0.15) is 0 Å². The Morgan fingerprint density at radius 3 is 2.50 bits per heavy atom. The van der Waals surface area contributed by atoms with Crippen molar-refractivity contribution in [3.8, 4) is 5.75 Å². The molecule has 4 heteroatoms. The number of methoxy groups -OCH3 is 1. The molecule has 0 saturated heterocycles. The lowest BCUT2D eigenvalue weighted by Crippen LogP contribution is -1.97. The number of carbonyl (C=O) groups is 1. The Labute approximate surface area is 109 Å². The average Bonchev–Trinajstić information content (AvgIpc) is 2.90. The van der Waals surface area contributed by atoms with Gasteiger partial charge < -0.3 is 9.84 Å². The minimum absolute atomic E-state index is 0.301. The van der Waals surface area contributed by atoms with Crippen LogP contribution >= 0.6 is 11.3 Å². The van der Waals surface area contributed by atoms with E-state index in [0.717, 1.165) is 16.2 Å². The zero-order chi connectivity index (χ0) is 13.0. The van der Waals surface area contributed by atoms with Crippen molar-refractivity contribution in [1.29, 1.82) is 0 Å². The molecule has 1 N–H and O–H groups in total. The number of benzene rings is 1. The summed E-state index contributed by atoms with van der Waals surface area (Å²) in [6.45, 7) is 0. The zero-order valence-corrected chi connectivity index (χ0v) is 10.6. The van der Waals surface area contributed by atoms with Crippen LogP contribution in [0.1, 0.15) is 10.4 Å². The Morgan fingerprint density at radius 1 is 1.28 bits per heavy atom. The lowest BCUT2D eigenvalue weighted by molar-refractivity contribution is -0.130. The molecule has 3 nitrogen and oxygen atoms in total. The van der Waals surface area contributed by atoms with E-state index in [2.05, 4.69) is 0 Å². The summed E-state index contributed by atoms with van der Waals surface area (Å²) in [5.74, 6) is -0.173. The van der Waals surface area contributed by atoms with Crippen LogP contribution in [0.5, 0.6) is 5.75 Å². The Hall–Kier alpha value is -2.07. The van der Waals surface area contributed by atoms with Crippen molar-refractivity contribution in [2.45, 2.75) is 0 Å². The van der Waals surface area contributed by atoms with Crippen LogP contribution in [0.3, 0.4) is 0 Å². The molecule has 0 unspecified atom stereocenters. The molecule has 0 aliphatic heterocycles. The van der Waals surface area contributed by atoms with Crippen LogP contribution in [-0.4, -0.2) is 18.2 Å². The van der Waals surface area contributed by atoms with Crippen LogP contribution in [0.25, 0.3) is 11.6 Å². The number of thiophene rings is 1. The molecule has 1 aromatic heterocycles. The van der Waals surface area contributed by atoms with E-state index in [1.807, 2.05) is 23.6 Å². The minimum Gasteiger partial charge on any atom is -0.497 e. The van der Waals surface area contributed by atoms with Gasteiger partial charge in [0.15, 0.2) is 0 Å². The second-order valence-electron chi connectivity index (χ2n) is 3.61. The first-order chi connectivity index (χ1) is 8.70. The fraction of sp³-hybridized carbons (Fsp3) is 0.0714. The molecule has 0 aliphatic carbocycles. The van der Waals surface area contributed by atoms with Gasteiger partial charge >= 0.3 is 5.97 Å². The van der Waals surface area contributed by atoms with Crippen molar-refractivity contribution < 1.29 is 14.6 Å². The Kier molecular flexibility index (Phi) is 3.79. The van der Waals surface area contributed by atoms with Crippen molar-refractivity contribution in [3.63, 3.8) is 0 Å². The number of hydrogen-bond acceptors (Lipinski definition) is 3. The van der Waals surface area contributed by atoms with Crippen molar-refractivity contribution in [2.24, 2.45) is 0 Å². The Bertz CT molecular complexity index is 553. The third kappa shape index (κ3) is 2.78. The summed E-state index contributed by atoms with van der Waals surface area (Å²) < 4.78 is 5.06. The van der Waals surface area contributed by atoms with Crippen molar-refractivity contribution in [1.82, 2.24) is 0 Å². The molecule has 0 bridgehead atoms. The van der Waals surface area contributed by atoms with Crippen LogP contribution in [-0.2, 0) is 4.79 Å². The molecule has 0 fully saturated rings. The summed E-state index contributed by atoms with van der Waals surface area (Å²) in [5.41, 5.74) is 1.14. The smallest absolute Gasteiger partial charge is 0.337 e. The highest BCUT2D eigenvalue weighted by molar-refractivity contribution is 7.11. The van der Waals surface area contributed by atoms with E-state index in [-0.39, 0.29) is 0 Å². The van der Waals surface area contributed by atoms with Gasteiger partial charge in [-0.3, -0.25) is 0 Å². The standard InChI is InChI=1S/C14H12O3S/c1-17-11-6-4-10(5-7-11)9-12(14(15)16)13-3-2-8-18-13/h2-9H,1H3,(H,15,16). The van der Waals surface area contributed by atoms with Crippen LogP contribution in [0.4, 0.5) is 0 Å². The molecule has 18 heavy (non-hydrogen) atoms. The number of carboxylic acids is 1. The first kappa shape index (κ1) is 12.4. The summed E-state index contributed by atoms with van der Waals surface area (Å²) >= 11 is 1.41. The van der Waals surface area contributed by atoms with E-state index >= 15 is 0 Å². The van der Waals surface area contributed by atoms with Gasteiger partial charge in [0, 0.05) is 4.88 Å². The number of rotatable bonds is 4. The van der Waals surface area contributed by atoms with Crippen LogP contribution in [0.15, 0.2) is 41.8 Å². The molecule has 92 valence electrons. The second kappa shape index (κ2) is 5.51. The van der Waals surface area contributed by atoms with E-state index in [0.29, 0.717) is 5.57 Å². The number of hydrogen-bond donors (Lipinski definition) is 1. The van der Waals surface area contributed by atoms with Crippen LogP contribution in [0.2, 0.25) is 0 Å². The topological polar surface area (TPSA) is 46.5 Å². The number of ether oxygens (including phenoxy) is 1. The highest BCUT2D eigenvalue weighted by Crippen LogP contribution is 2.23. The summed E-state index contributed by atoms with van der Waals surface area (Å²) in [5, 5.41) is 11.1. The predicted octanol–water partition coefficient (Wildman–Crippen LogP) is 3.38. The normalized spacial score (nSPS) is 11.3. The molecule has 2 rings (SSSR count). The van der Waals surface area contributed by atoms with Gasteiger partial charge in [-0.25, -0.2) is 4.79 Å². The lowest BCUT2D eigenvalue weighted by atomic mass is 10.1. The summed E-state index contributed by atoms with van der Waals surface area (Å²) in [4.78, 5) is 12.0. The van der Waals surface area contributed by atoms with E-state index in [1.54, 1.807) is 31.4 Å². The highest BCUT2D eigenvalue weighted by Gasteiger charge is 2.11.